The first-order valence-electron chi connectivity index (χ1n) is 9.67. The molecule has 0 saturated carbocycles. The van der Waals surface area contributed by atoms with E-state index in [1.807, 2.05) is 10.9 Å². The summed E-state index contributed by atoms with van der Waals surface area (Å²) < 4.78 is 15.2. The van der Waals surface area contributed by atoms with Gasteiger partial charge in [-0.15, -0.1) is 0 Å². The van der Waals surface area contributed by atoms with Crippen molar-refractivity contribution in [3.8, 4) is 5.69 Å². The molecule has 6 heteroatoms. The Kier molecular flexibility index (Phi) is 5.65. The van der Waals surface area contributed by atoms with Crippen molar-refractivity contribution in [2.45, 2.75) is 46.6 Å². The monoisotopic (exact) mass is 372 g/mol. The molecule has 3 rings (SSSR count). The molecule has 5 nitrogen and oxygen atoms in total. The molecule has 0 fully saturated rings. The van der Waals surface area contributed by atoms with Gasteiger partial charge in [0.15, 0.2) is 0 Å². The zero-order valence-electron chi connectivity index (χ0n) is 16.6. The lowest BCUT2D eigenvalue weighted by molar-refractivity contribution is -0.123. The number of amides is 1. The van der Waals surface area contributed by atoms with Gasteiger partial charge in [0, 0.05) is 5.56 Å². The molecule has 0 unspecified atom stereocenters. The fourth-order valence-electron chi connectivity index (χ4n) is 3.87. The Morgan fingerprint density at radius 3 is 2.59 bits per heavy atom. The van der Waals surface area contributed by atoms with E-state index in [0.717, 1.165) is 42.9 Å². The third-order valence-corrected chi connectivity index (χ3v) is 5.35. The van der Waals surface area contributed by atoms with Gasteiger partial charge in [-0.25, -0.2) is 9.07 Å². The zero-order chi connectivity index (χ0) is 19.6. The number of rotatable bonds is 6. The van der Waals surface area contributed by atoms with Gasteiger partial charge in [-0.1, -0.05) is 27.7 Å². The Bertz CT molecular complexity index is 793. The maximum absolute atomic E-state index is 13.3. The molecule has 1 aromatic carbocycles. The maximum Gasteiger partial charge on any atom is 0.234 e. The molecule has 1 amide bonds. The molecular formula is C21H29FN4O. The van der Waals surface area contributed by atoms with Crippen LogP contribution in [0.1, 0.15) is 51.4 Å². The van der Waals surface area contributed by atoms with Gasteiger partial charge in [-0.2, -0.15) is 5.10 Å². The summed E-state index contributed by atoms with van der Waals surface area (Å²) in [4.78, 5) is 14.7. The summed E-state index contributed by atoms with van der Waals surface area (Å²) in [6.45, 7) is 10.7. The van der Waals surface area contributed by atoms with Crippen molar-refractivity contribution in [3.05, 3.63) is 47.5 Å². The standard InChI is InChI=1S/C21H29FN4O/c1-5-25(6-2)14-20(27)24-18-11-21(3,4)12-19-17(18)13-23-26(19)16-9-7-15(22)8-10-16/h7-10,13,18H,5-6,11-12,14H2,1-4H3,(H,24,27)/t18-/m1/s1. The number of hydrogen-bond acceptors (Lipinski definition) is 3. The minimum absolute atomic E-state index is 0.0396. The lowest BCUT2D eigenvalue weighted by atomic mass is 9.74. The van der Waals surface area contributed by atoms with E-state index in [-0.39, 0.29) is 23.2 Å². The summed E-state index contributed by atoms with van der Waals surface area (Å²) in [5, 5.41) is 7.76. The van der Waals surface area contributed by atoms with Crippen LogP contribution in [0.2, 0.25) is 0 Å². The number of nitrogens with one attached hydrogen (secondary N) is 1. The molecule has 0 radical (unpaired) electrons. The van der Waals surface area contributed by atoms with Crippen LogP contribution >= 0.6 is 0 Å². The predicted octanol–water partition coefficient (Wildman–Crippen LogP) is 3.48. The lowest BCUT2D eigenvalue weighted by Crippen LogP contribution is -2.41. The van der Waals surface area contributed by atoms with Gasteiger partial charge in [0.25, 0.3) is 0 Å². The molecule has 1 aliphatic rings. The second kappa shape index (κ2) is 7.80. The maximum atomic E-state index is 13.3. The van der Waals surface area contributed by atoms with E-state index < -0.39 is 0 Å². The largest absolute Gasteiger partial charge is 0.348 e. The van der Waals surface area contributed by atoms with Gasteiger partial charge in [0.05, 0.1) is 30.2 Å². The van der Waals surface area contributed by atoms with Crippen LogP contribution in [0.25, 0.3) is 5.69 Å². The van der Waals surface area contributed by atoms with Crippen LogP contribution in [-0.2, 0) is 11.2 Å². The van der Waals surface area contributed by atoms with Crippen LogP contribution in [-0.4, -0.2) is 40.2 Å². The number of halogens is 1. The first-order chi connectivity index (χ1) is 12.8. The normalized spacial score (nSPS) is 18.4. The topological polar surface area (TPSA) is 50.2 Å². The van der Waals surface area contributed by atoms with Gasteiger partial charge in [0.2, 0.25) is 5.91 Å². The number of hydrogen-bond donors (Lipinski definition) is 1. The first kappa shape index (κ1) is 19.5. The molecule has 1 aliphatic carbocycles. The van der Waals surface area contributed by atoms with Crippen LogP contribution in [0.5, 0.6) is 0 Å². The Balaban J connectivity index is 1.87. The molecule has 0 aliphatic heterocycles. The second-order valence-corrected chi connectivity index (χ2v) is 8.06. The summed E-state index contributed by atoms with van der Waals surface area (Å²) in [5.74, 6) is -0.219. The molecule has 27 heavy (non-hydrogen) atoms. The van der Waals surface area contributed by atoms with Gasteiger partial charge >= 0.3 is 0 Å². The molecular weight excluding hydrogens is 343 g/mol. The third kappa shape index (κ3) is 4.38. The average Bonchev–Trinajstić information content (AvgIpc) is 3.03. The highest BCUT2D eigenvalue weighted by atomic mass is 19.1. The Morgan fingerprint density at radius 1 is 1.30 bits per heavy atom. The Hall–Kier alpha value is -2.21. The van der Waals surface area contributed by atoms with Crippen molar-refractivity contribution in [1.29, 1.82) is 0 Å². The smallest absolute Gasteiger partial charge is 0.234 e. The van der Waals surface area contributed by atoms with Crippen molar-refractivity contribution >= 4 is 5.91 Å². The van der Waals surface area contributed by atoms with E-state index >= 15 is 0 Å². The van der Waals surface area contributed by atoms with Crippen molar-refractivity contribution in [2.24, 2.45) is 5.41 Å². The summed E-state index contributed by atoms with van der Waals surface area (Å²) >= 11 is 0. The number of aromatic nitrogens is 2. The highest BCUT2D eigenvalue weighted by Crippen LogP contribution is 2.41. The minimum atomic E-state index is -0.262. The fourth-order valence-corrected chi connectivity index (χ4v) is 3.87. The van der Waals surface area contributed by atoms with Crippen molar-refractivity contribution < 1.29 is 9.18 Å². The Labute approximate surface area is 160 Å². The number of likely N-dealkylation sites (N-methyl/N-ethyl adjacent to an activating group) is 1. The number of nitrogens with zero attached hydrogens (tertiary/aromatic N) is 3. The first-order valence-corrected chi connectivity index (χ1v) is 9.67. The van der Waals surface area contributed by atoms with Gasteiger partial charge in [-0.3, -0.25) is 9.69 Å². The van der Waals surface area contributed by atoms with Crippen molar-refractivity contribution in [3.63, 3.8) is 0 Å². The fraction of sp³-hybridized carbons (Fsp3) is 0.524. The van der Waals surface area contributed by atoms with Crippen LogP contribution in [0.3, 0.4) is 0 Å². The molecule has 0 saturated heterocycles. The van der Waals surface area contributed by atoms with Gasteiger partial charge in [-0.05, 0) is 55.6 Å². The summed E-state index contributed by atoms with van der Waals surface area (Å²) in [5.41, 5.74) is 3.03. The molecule has 0 bridgehead atoms. The zero-order valence-corrected chi connectivity index (χ0v) is 16.6. The number of carbonyl (C=O) groups is 1. The van der Waals surface area contributed by atoms with E-state index in [0.29, 0.717) is 6.54 Å². The third-order valence-electron chi connectivity index (χ3n) is 5.35. The van der Waals surface area contributed by atoms with E-state index in [1.54, 1.807) is 12.1 Å². The van der Waals surface area contributed by atoms with Crippen LogP contribution in [0.4, 0.5) is 4.39 Å². The van der Waals surface area contributed by atoms with Crippen LogP contribution in [0, 0.1) is 11.2 Å². The highest BCUT2D eigenvalue weighted by molar-refractivity contribution is 5.78. The van der Waals surface area contributed by atoms with E-state index in [9.17, 15) is 9.18 Å². The quantitative estimate of drug-likeness (QED) is 0.845. The summed E-state index contributed by atoms with van der Waals surface area (Å²) in [6, 6.07) is 6.30. The van der Waals surface area contributed by atoms with Gasteiger partial charge < -0.3 is 5.32 Å². The molecule has 1 heterocycles. The van der Waals surface area contributed by atoms with E-state index in [4.69, 9.17) is 0 Å². The molecule has 1 N–H and O–H groups in total. The summed E-state index contributed by atoms with van der Waals surface area (Å²) in [6.07, 6.45) is 3.58. The number of fused-ring (bicyclic) bond motifs is 1. The SMILES string of the molecule is CCN(CC)CC(=O)N[C@@H]1CC(C)(C)Cc2c1cnn2-c1ccc(F)cc1. The summed E-state index contributed by atoms with van der Waals surface area (Å²) in [7, 11) is 0. The van der Waals surface area contributed by atoms with Crippen molar-refractivity contribution in [2.75, 3.05) is 19.6 Å². The van der Waals surface area contributed by atoms with E-state index in [1.165, 1.54) is 12.1 Å². The lowest BCUT2D eigenvalue weighted by Gasteiger charge is -2.36. The molecule has 0 spiro atoms. The molecule has 2 aromatic rings. The van der Waals surface area contributed by atoms with Crippen LogP contribution < -0.4 is 5.32 Å². The van der Waals surface area contributed by atoms with Crippen LogP contribution in [0.15, 0.2) is 30.5 Å². The van der Waals surface area contributed by atoms with Gasteiger partial charge in [0.1, 0.15) is 5.82 Å². The second-order valence-electron chi connectivity index (χ2n) is 8.06. The highest BCUT2D eigenvalue weighted by Gasteiger charge is 2.36. The molecule has 1 atom stereocenters. The molecule has 1 aromatic heterocycles. The van der Waals surface area contributed by atoms with Crippen molar-refractivity contribution in [1.82, 2.24) is 20.0 Å². The predicted molar refractivity (Wildman–Crippen MR) is 104 cm³/mol. The average molecular weight is 372 g/mol. The number of benzene rings is 1. The number of carbonyl (C=O) groups excluding carboxylic acids is 1. The Morgan fingerprint density at radius 2 is 1.96 bits per heavy atom. The minimum Gasteiger partial charge on any atom is -0.348 e. The van der Waals surface area contributed by atoms with E-state index in [2.05, 4.69) is 43.0 Å². The molecule has 146 valence electrons.